The van der Waals surface area contributed by atoms with Gasteiger partial charge in [-0.05, 0) is 38.0 Å². The fraction of sp³-hybridized carbons (Fsp3) is 0.353. The van der Waals surface area contributed by atoms with Crippen LogP contribution in [0.1, 0.15) is 29.0 Å². The molecule has 0 spiro atoms. The molecule has 0 saturated carbocycles. The number of carbonyl (C=O) groups is 1. The predicted molar refractivity (Wildman–Crippen MR) is 95.8 cm³/mol. The molecule has 0 bridgehead atoms. The van der Waals surface area contributed by atoms with Gasteiger partial charge in [-0.1, -0.05) is 6.07 Å². The number of nitrogens with one attached hydrogen (secondary N) is 1. The highest BCUT2D eigenvalue weighted by Gasteiger charge is 2.29. The minimum atomic E-state index is -3.90. The third-order valence-corrected chi connectivity index (χ3v) is 6.24. The maximum Gasteiger partial charge on any atom is 0.289 e. The number of hydrogen-bond donors (Lipinski definition) is 1. The quantitative estimate of drug-likeness (QED) is 0.613. The Morgan fingerprint density at radius 1 is 1.26 bits per heavy atom. The van der Waals surface area contributed by atoms with Crippen molar-refractivity contribution in [2.45, 2.75) is 30.7 Å². The van der Waals surface area contributed by atoms with Gasteiger partial charge in [-0.15, -0.1) is 0 Å². The van der Waals surface area contributed by atoms with Crippen molar-refractivity contribution in [2.24, 2.45) is 0 Å². The van der Waals surface area contributed by atoms with Crippen LogP contribution in [0.5, 0.6) is 0 Å². The highest BCUT2D eigenvalue weighted by atomic mass is 32.2. The maximum atomic E-state index is 12.7. The fourth-order valence-electron chi connectivity index (χ4n) is 3.13. The monoisotopic (exact) mass is 393 g/mol. The highest BCUT2D eigenvalue weighted by molar-refractivity contribution is 7.89. The molecule has 1 aliphatic heterocycles. The number of nitro groups is 1. The molecule has 1 aromatic heterocycles. The summed E-state index contributed by atoms with van der Waals surface area (Å²) in [7, 11) is -3.90. The number of hydrogen-bond acceptors (Lipinski definition) is 6. The van der Waals surface area contributed by atoms with E-state index in [0.717, 1.165) is 0 Å². The molecule has 0 radical (unpaired) electrons. The SMILES string of the molecule is Cc1c([N+](=O)[O-])cccc1S(=O)(=O)NC1CCN(C(=O)c2ccco2)CC1. The van der Waals surface area contributed by atoms with E-state index in [0.29, 0.717) is 25.9 Å². The Kier molecular flexibility index (Phi) is 5.29. The summed E-state index contributed by atoms with van der Waals surface area (Å²) in [6, 6.07) is 6.84. The summed E-state index contributed by atoms with van der Waals surface area (Å²) in [4.78, 5) is 24.2. The second kappa shape index (κ2) is 7.49. The zero-order chi connectivity index (χ0) is 19.6. The maximum absolute atomic E-state index is 12.7. The smallest absolute Gasteiger partial charge is 0.289 e. The lowest BCUT2D eigenvalue weighted by molar-refractivity contribution is -0.385. The molecule has 1 aliphatic rings. The summed E-state index contributed by atoms with van der Waals surface area (Å²) in [6.45, 7) is 2.19. The molecule has 1 fully saturated rings. The lowest BCUT2D eigenvalue weighted by Gasteiger charge is -2.31. The van der Waals surface area contributed by atoms with Crippen molar-refractivity contribution in [2.75, 3.05) is 13.1 Å². The summed E-state index contributed by atoms with van der Waals surface area (Å²) in [6.07, 6.45) is 2.31. The van der Waals surface area contributed by atoms with E-state index >= 15 is 0 Å². The average Bonchev–Trinajstić information content (AvgIpc) is 3.16. The van der Waals surface area contributed by atoms with Gasteiger partial charge in [0.25, 0.3) is 11.6 Å². The van der Waals surface area contributed by atoms with Crippen LogP contribution < -0.4 is 4.72 Å². The number of nitro benzene ring substituents is 1. The second-order valence-corrected chi connectivity index (χ2v) is 8.00. The van der Waals surface area contributed by atoms with Gasteiger partial charge in [0, 0.05) is 30.8 Å². The van der Waals surface area contributed by atoms with E-state index in [1.807, 2.05) is 0 Å². The number of sulfonamides is 1. The van der Waals surface area contributed by atoms with Gasteiger partial charge in [0.05, 0.1) is 16.1 Å². The van der Waals surface area contributed by atoms with Crippen LogP contribution >= 0.6 is 0 Å². The van der Waals surface area contributed by atoms with Crippen LogP contribution in [0.15, 0.2) is 45.9 Å². The number of furan rings is 1. The standard InChI is InChI=1S/C17H19N3O6S/c1-12-14(20(22)23)4-2-6-16(12)27(24,25)18-13-7-9-19(10-8-13)17(21)15-5-3-11-26-15/h2-6,11,13,18H,7-10H2,1H3. The van der Waals surface area contributed by atoms with Crippen molar-refractivity contribution in [3.63, 3.8) is 0 Å². The molecule has 1 amide bonds. The summed E-state index contributed by atoms with van der Waals surface area (Å²) in [5, 5.41) is 11.0. The normalized spacial score (nSPS) is 15.7. The van der Waals surface area contributed by atoms with Gasteiger partial charge in [0.2, 0.25) is 10.0 Å². The summed E-state index contributed by atoms with van der Waals surface area (Å²) in [5.41, 5.74) is -0.142. The number of carbonyl (C=O) groups excluding carboxylic acids is 1. The van der Waals surface area contributed by atoms with Crippen LogP contribution in [-0.2, 0) is 10.0 Å². The van der Waals surface area contributed by atoms with Gasteiger partial charge in [0.1, 0.15) is 0 Å². The van der Waals surface area contributed by atoms with Crippen LogP contribution in [0.4, 0.5) is 5.69 Å². The first-order valence-corrected chi connectivity index (χ1v) is 9.87. The van der Waals surface area contributed by atoms with E-state index in [1.54, 1.807) is 17.0 Å². The first kappa shape index (κ1) is 19.1. The Morgan fingerprint density at radius 2 is 1.96 bits per heavy atom. The third-order valence-electron chi connectivity index (χ3n) is 4.58. The molecule has 2 aromatic rings. The minimum Gasteiger partial charge on any atom is -0.459 e. The molecule has 10 heteroatoms. The van der Waals surface area contributed by atoms with E-state index in [2.05, 4.69) is 4.72 Å². The first-order chi connectivity index (χ1) is 12.8. The third kappa shape index (κ3) is 4.01. The summed E-state index contributed by atoms with van der Waals surface area (Å²) < 4.78 is 33.0. The van der Waals surface area contributed by atoms with Crippen molar-refractivity contribution in [3.05, 3.63) is 58.0 Å². The fourth-order valence-corrected chi connectivity index (χ4v) is 4.70. The van der Waals surface area contributed by atoms with Gasteiger partial charge >= 0.3 is 0 Å². The Bertz CT molecular complexity index is 947. The lowest BCUT2D eigenvalue weighted by Crippen LogP contribution is -2.46. The van der Waals surface area contributed by atoms with E-state index in [9.17, 15) is 23.3 Å². The first-order valence-electron chi connectivity index (χ1n) is 8.38. The molecule has 27 heavy (non-hydrogen) atoms. The second-order valence-electron chi connectivity index (χ2n) is 6.32. The molecule has 1 aromatic carbocycles. The molecular formula is C17H19N3O6S. The topological polar surface area (TPSA) is 123 Å². The van der Waals surface area contributed by atoms with E-state index in [-0.39, 0.29) is 33.9 Å². The van der Waals surface area contributed by atoms with Crippen molar-refractivity contribution in [3.8, 4) is 0 Å². The molecule has 2 heterocycles. The number of benzene rings is 1. The number of amides is 1. The molecule has 144 valence electrons. The van der Waals surface area contributed by atoms with E-state index < -0.39 is 14.9 Å². The zero-order valence-electron chi connectivity index (χ0n) is 14.6. The van der Waals surface area contributed by atoms with Gasteiger partial charge in [0.15, 0.2) is 5.76 Å². The Labute approximate surface area is 156 Å². The van der Waals surface area contributed by atoms with Crippen molar-refractivity contribution in [1.29, 1.82) is 0 Å². The van der Waals surface area contributed by atoms with Crippen molar-refractivity contribution >= 4 is 21.6 Å². The zero-order valence-corrected chi connectivity index (χ0v) is 15.4. The molecule has 1 saturated heterocycles. The predicted octanol–water partition coefficient (Wildman–Crippen LogP) is 2.08. The van der Waals surface area contributed by atoms with Crippen LogP contribution in [-0.4, -0.2) is 43.3 Å². The Balaban J connectivity index is 1.67. The Morgan fingerprint density at radius 3 is 2.56 bits per heavy atom. The van der Waals surface area contributed by atoms with Crippen LogP contribution in [0.3, 0.4) is 0 Å². The average molecular weight is 393 g/mol. The van der Waals surface area contributed by atoms with Crippen LogP contribution in [0.2, 0.25) is 0 Å². The van der Waals surface area contributed by atoms with Gasteiger partial charge in [-0.3, -0.25) is 14.9 Å². The number of likely N-dealkylation sites (tertiary alicyclic amines) is 1. The van der Waals surface area contributed by atoms with Crippen molar-refractivity contribution < 1.29 is 22.6 Å². The molecule has 0 aliphatic carbocycles. The Hall–Kier alpha value is -2.72. The molecule has 0 unspecified atom stereocenters. The molecule has 3 rings (SSSR count). The minimum absolute atomic E-state index is 0.0976. The van der Waals surface area contributed by atoms with Gasteiger partial charge in [-0.2, -0.15) is 0 Å². The number of piperidine rings is 1. The molecule has 1 N–H and O–H groups in total. The molecule has 0 atom stereocenters. The lowest BCUT2D eigenvalue weighted by atomic mass is 10.1. The highest BCUT2D eigenvalue weighted by Crippen LogP contribution is 2.25. The van der Waals surface area contributed by atoms with E-state index in [4.69, 9.17) is 4.42 Å². The van der Waals surface area contributed by atoms with E-state index in [1.165, 1.54) is 31.4 Å². The van der Waals surface area contributed by atoms with Crippen LogP contribution in [0.25, 0.3) is 0 Å². The molecule has 9 nitrogen and oxygen atoms in total. The van der Waals surface area contributed by atoms with Gasteiger partial charge in [-0.25, -0.2) is 13.1 Å². The largest absolute Gasteiger partial charge is 0.459 e. The van der Waals surface area contributed by atoms with Crippen LogP contribution in [0, 0.1) is 17.0 Å². The summed E-state index contributed by atoms with van der Waals surface area (Å²) in [5.74, 6) is 0.0251. The number of nitrogens with zero attached hydrogens (tertiary/aromatic N) is 2. The molecular weight excluding hydrogens is 374 g/mol. The summed E-state index contributed by atoms with van der Waals surface area (Å²) >= 11 is 0. The number of rotatable bonds is 5. The van der Waals surface area contributed by atoms with Crippen molar-refractivity contribution in [1.82, 2.24) is 9.62 Å². The van der Waals surface area contributed by atoms with Gasteiger partial charge < -0.3 is 9.32 Å².